The zero-order valence-electron chi connectivity index (χ0n) is 17.7. The third kappa shape index (κ3) is 5.86. The van der Waals surface area contributed by atoms with Gasteiger partial charge in [0.2, 0.25) is 5.91 Å². The van der Waals surface area contributed by atoms with E-state index in [0.29, 0.717) is 19.5 Å². The summed E-state index contributed by atoms with van der Waals surface area (Å²) in [5, 5.41) is 0.813. The Morgan fingerprint density at radius 3 is 2.66 bits per heavy atom. The summed E-state index contributed by atoms with van der Waals surface area (Å²) in [6.45, 7) is 8.18. The van der Waals surface area contributed by atoms with Crippen molar-refractivity contribution in [1.29, 1.82) is 0 Å². The molecule has 1 aromatic carbocycles. The topological polar surface area (TPSA) is 42.7 Å². The number of hydrogen-bond acceptors (Lipinski definition) is 3. The Balaban J connectivity index is 1.80. The molecule has 0 radical (unpaired) electrons. The van der Waals surface area contributed by atoms with E-state index in [-0.39, 0.29) is 16.9 Å². The molecule has 2 aromatic rings. The minimum absolute atomic E-state index is 0.0438. The molecule has 1 saturated heterocycles. The predicted octanol–water partition coefficient (Wildman–Crippen LogP) is 5.88. The van der Waals surface area contributed by atoms with Gasteiger partial charge in [0.15, 0.2) is 0 Å². The third-order valence-electron chi connectivity index (χ3n) is 5.94. The first-order valence-corrected chi connectivity index (χ1v) is 10.9. The third-order valence-corrected chi connectivity index (χ3v) is 6.31. The largest absolute Gasteiger partial charge is 0.467 e. The van der Waals surface area contributed by atoms with Gasteiger partial charge in [0.25, 0.3) is 0 Å². The second-order valence-electron chi connectivity index (χ2n) is 8.80. The van der Waals surface area contributed by atoms with Gasteiger partial charge in [0.1, 0.15) is 5.76 Å². The van der Waals surface area contributed by atoms with Crippen molar-refractivity contribution in [3.8, 4) is 0 Å². The molecule has 1 aliphatic heterocycles. The molecule has 1 fully saturated rings. The lowest BCUT2D eigenvalue weighted by molar-refractivity contribution is -0.133. The fourth-order valence-corrected chi connectivity index (χ4v) is 4.77. The van der Waals surface area contributed by atoms with Gasteiger partial charge in [-0.1, -0.05) is 36.7 Å². The average molecular weight is 418 g/mol. The summed E-state index contributed by atoms with van der Waals surface area (Å²) >= 11 is 6.50. The van der Waals surface area contributed by atoms with Gasteiger partial charge >= 0.3 is 0 Å². The Morgan fingerprint density at radius 2 is 2.00 bits per heavy atom. The van der Waals surface area contributed by atoms with E-state index < -0.39 is 0 Å². The summed E-state index contributed by atoms with van der Waals surface area (Å²) in [4.78, 5) is 14.5. The molecule has 29 heavy (non-hydrogen) atoms. The minimum atomic E-state index is -0.180. The molecule has 0 bridgehead atoms. The Kier molecular flexibility index (Phi) is 7.07. The van der Waals surface area contributed by atoms with Crippen molar-refractivity contribution in [1.82, 2.24) is 4.90 Å². The molecule has 0 spiro atoms. The maximum absolute atomic E-state index is 12.6. The van der Waals surface area contributed by atoms with Crippen LogP contribution in [0, 0.1) is 5.41 Å². The van der Waals surface area contributed by atoms with E-state index in [1.807, 2.05) is 42.2 Å². The second kappa shape index (κ2) is 9.36. The SMILES string of the molecule is CCC(=O)N(CCC1(Cc2ccccc2Cl)CCOC(C)(C)C1)Cc1ccco1. The van der Waals surface area contributed by atoms with Crippen molar-refractivity contribution in [2.24, 2.45) is 5.41 Å². The predicted molar refractivity (Wildman–Crippen MR) is 116 cm³/mol. The first-order chi connectivity index (χ1) is 13.8. The van der Waals surface area contributed by atoms with Crippen molar-refractivity contribution >= 4 is 17.5 Å². The van der Waals surface area contributed by atoms with Crippen molar-refractivity contribution in [2.75, 3.05) is 13.2 Å². The van der Waals surface area contributed by atoms with E-state index >= 15 is 0 Å². The van der Waals surface area contributed by atoms with Gasteiger partial charge in [-0.15, -0.1) is 0 Å². The van der Waals surface area contributed by atoms with Crippen LogP contribution in [-0.2, 0) is 22.5 Å². The van der Waals surface area contributed by atoms with Crippen LogP contribution in [0.1, 0.15) is 57.8 Å². The molecule has 1 aromatic heterocycles. The molecule has 1 atom stereocenters. The molecule has 1 amide bonds. The summed E-state index contributed by atoms with van der Waals surface area (Å²) in [5.74, 6) is 0.972. The van der Waals surface area contributed by atoms with Crippen molar-refractivity contribution in [3.63, 3.8) is 0 Å². The average Bonchev–Trinajstić information content (AvgIpc) is 3.19. The maximum Gasteiger partial charge on any atom is 0.222 e. The Bertz CT molecular complexity index is 802. The maximum atomic E-state index is 12.6. The molecule has 1 unspecified atom stereocenters. The van der Waals surface area contributed by atoms with E-state index in [1.165, 1.54) is 5.56 Å². The number of ether oxygens (including phenoxy) is 1. The smallest absolute Gasteiger partial charge is 0.222 e. The zero-order valence-corrected chi connectivity index (χ0v) is 18.5. The number of hydrogen-bond donors (Lipinski definition) is 0. The molecular weight excluding hydrogens is 386 g/mol. The summed E-state index contributed by atoms with van der Waals surface area (Å²) in [6, 6.07) is 11.9. The van der Waals surface area contributed by atoms with Gasteiger partial charge in [0.05, 0.1) is 18.4 Å². The van der Waals surface area contributed by atoms with E-state index in [9.17, 15) is 4.79 Å². The van der Waals surface area contributed by atoms with Crippen LogP contribution >= 0.6 is 11.6 Å². The van der Waals surface area contributed by atoms with E-state index in [1.54, 1.807) is 6.26 Å². The zero-order chi connectivity index (χ0) is 20.9. The van der Waals surface area contributed by atoms with Crippen LogP contribution in [0.4, 0.5) is 0 Å². The molecule has 0 aliphatic carbocycles. The summed E-state index contributed by atoms with van der Waals surface area (Å²) in [7, 11) is 0. The van der Waals surface area contributed by atoms with Crippen molar-refractivity contribution in [3.05, 3.63) is 59.0 Å². The van der Waals surface area contributed by atoms with Crippen LogP contribution in [0.3, 0.4) is 0 Å². The number of carbonyl (C=O) groups excluding carboxylic acids is 1. The number of furan rings is 1. The normalized spacial score (nSPS) is 21.1. The highest BCUT2D eigenvalue weighted by Gasteiger charge is 2.41. The molecule has 2 heterocycles. The highest BCUT2D eigenvalue weighted by atomic mass is 35.5. The van der Waals surface area contributed by atoms with Crippen LogP contribution in [-0.4, -0.2) is 29.6 Å². The van der Waals surface area contributed by atoms with Gasteiger partial charge < -0.3 is 14.1 Å². The minimum Gasteiger partial charge on any atom is -0.467 e. The molecule has 5 heteroatoms. The van der Waals surface area contributed by atoms with Crippen LogP contribution in [0.15, 0.2) is 47.1 Å². The Hall–Kier alpha value is -1.78. The van der Waals surface area contributed by atoms with Gasteiger partial charge in [-0.3, -0.25) is 4.79 Å². The number of benzene rings is 1. The first kappa shape index (κ1) is 21.9. The molecule has 3 rings (SSSR count). The standard InChI is InChI=1S/C24H32ClNO3/c1-4-22(27)26(17-20-9-7-14-28-20)13-11-24(12-15-29-23(2,3)18-24)16-19-8-5-6-10-21(19)25/h5-10,14H,4,11-13,15-18H2,1-3H3. The summed E-state index contributed by atoms with van der Waals surface area (Å²) in [6.07, 6.45) is 5.87. The number of rotatable bonds is 8. The van der Waals surface area contributed by atoms with Crippen LogP contribution in [0.2, 0.25) is 5.02 Å². The van der Waals surface area contributed by atoms with E-state index in [4.69, 9.17) is 20.8 Å². The Morgan fingerprint density at radius 1 is 1.21 bits per heavy atom. The first-order valence-electron chi connectivity index (χ1n) is 10.5. The van der Waals surface area contributed by atoms with Gasteiger partial charge in [-0.2, -0.15) is 0 Å². The lowest BCUT2D eigenvalue weighted by Crippen LogP contribution is -2.44. The van der Waals surface area contributed by atoms with Crippen LogP contribution in [0.5, 0.6) is 0 Å². The number of nitrogens with zero attached hydrogens (tertiary/aromatic N) is 1. The molecule has 0 N–H and O–H groups in total. The Labute approximate surface area is 179 Å². The van der Waals surface area contributed by atoms with Crippen LogP contribution in [0.25, 0.3) is 0 Å². The van der Waals surface area contributed by atoms with Crippen molar-refractivity contribution < 1.29 is 13.9 Å². The molecule has 4 nitrogen and oxygen atoms in total. The highest BCUT2D eigenvalue weighted by Crippen LogP contribution is 2.45. The van der Waals surface area contributed by atoms with Gasteiger partial charge in [0, 0.05) is 24.6 Å². The van der Waals surface area contributed by atoms with Gasteiger partial charge in [-0.05, 0) is 68.7 Å². The van der Waals surface area contributed by atoms with E-state index in [2.05, 4.69) is 19.9 Å². The number of halogens is 1. The van der Waals surface area contributed by atoms with Gasteiger partial charge in [-0.25, -0.2) is 0 Å². The fourth-order valence-electron chi connectivity index (χ4n) is 4.56. The number of amides is 1. The number of carbonyl (C=O) groups is 1. The summed E-state index contributed by atoms with van der Waals surface area (Å²) in [5.41, 5.74) is 1.04. The molecular formula is C24H32ClNO3. The lowest BCUT2D eigenvalue weighted by atomic mass is 9.68. The van der Waals surface area contributed by atoms with E-state index in [0.717, 1.165) is 43.1 Å². The molecule has 0 saturated carbocycles. The van der Waals surface area contributed by atoms with Crippen LogP contribution < -0.4 is 0 Å². The lowest BCUT2D eigenvalue weighted by Gasteiger charge is -2.46. The summed E-state index contributed by atoms with van der Waals surface area (Å²) < 4.78 is 11.5. The quantitative estimate of drug-likeness (QED) is 0.538. The van der Waals surface area contributed by atoms with Crippen molar-refractivity contribution in [2.45, 2.75) is 65.0 Å². The monoisotopic (exact) mass is 417 g/mol. The fraction of sp³-hybridized carbons (Fsp3) is 0.542. The second-order valence-corrected chi connectivity index (χ2v) is 9.21. The molecule has 1 aliphatic rings. The highest BCUT2D eigenvalue weighted by molar-refractivity contribution is 6.31. The molecule has 158 valence electrons.